The maximum atomic E-state index is 13.5. The van der Waals surface area contributed by atoms with E-state index in [0.29, 0.717) is 41.4 Å². The van der Waals surface area contributed by atoms with Gasteiger partial charge in [-0.1, -0.05) is 24.3 Å². The summed E-state index contributed by atoms with van der Waals surface area (Å²) in [5.74, 6) is -0.591. The summed E-state index contributed by atoms with van der Waals surface area (Å²) in [4.78, 5) is 23.7. The molecule has 180 valence electrons. The van der Waals surface area contributed by atoms with Gasteiger partial charge in [0, 0.05) is 5.56 Å². The number of carbonyl (C=O) groups is 1. The molecule has 0 saturated carbocycles. The van der Waals surface area contributed by atoms with Gasteiger partial charge in [0.2, 0.25) is 0 Å². The molecule has 0 aliphatic carbocycles. The van der Waals surface area contributed by atoms with Gasteiger partial charge in [0.25, 0.3) is 5.91 Å². The molecular formula is C25H25FN6O3. The van der Waals surface area contributed by atoms with Crippen molar-refractivity contribution in [2.75, 3.05) is 5.32 Å². The fourth-order valence-electron chi connectivity index (χ4n) is 4.07. The van der Waals surface area contributed by atoms with Crippen LogP contribution in [0.5, 0.6) is 0 Å². The van der Waals surface area contributed by atoms with Crippen molar-refractivity contribution in [3.05, 3.63) is 104 Å². The molecule has 4 aromatic rings. The van der Waals surface area contributed by atoms with Crippen molar-refractivity contribution in [1.82, 2.24) is 19.6 Å². The summed E-state index contributed by atoms with van der Waals surface area (Å²) in [7, 11) is 0. The van der Waals surface area contributed by atoms with Crippen molar-refractivity contribution in [2.24, 2.45) is 0 Å². The molecule has 35 heavy (non-hydrogen) atoms. The van der Waals surface area contributed by atoms with E-state index in [9.17, 15) is 19.3 Å². The van der Waals surface area contributed by atoms with E-state index in [-0.39, 0.29) is 17.4 Å². The van der Waals surface area contributed by atoms with E-state index in [1.54, 1.807) is 60.5 Å². The second kappa shape index (κ2) is 9.49. The molecular weight excluding hydrogens is 451 g/mol. The number of amides is 1. The molecule has 9 nitrogen and oxygen atoms in total. The van der Waals surface area contributed by atoms with Crippen molar-refractivity contribution in [3.8, 4) is 0 Å². The third-order valence-electron chi connectivity index (χ3n) is 5.92. The van der Waals surface area contributed by atoms with Gasteiger partial charge in [-0.25, -0.2) is 4.39 Å². The lowest BCUT2D eigenvalue weighted by molar-refractivity contribution is -0.386. The predicted molar refractivity (Wildman–Crippen MR) is 129 cm³/mol. The smallest absolute Gasteiger partial charge is 0.312 e. The highest BCUT2D eigenvalue weighted by Gasteiger charge is 2.22. The molecule has 0 aliphatic rings. The number of hydrogen-bond acceptors (Lipinski definition) is 5. The molecule has 0 spiro atoms. The highest BCUT2D eigenvalue weighted by molar-refractivity contribution is 6.04. The molecule has 2 heterocycles. The largest absolute Gasteiger partial charge is 0.319 e. The van der Waals surface area contributed by atoms with Crippen LogP contribution in [0.3, 0.4) is 0 Å². The molecule has 2 aromatic carbocycles. The van der Waals surface area contributed by atoms with Crippen LogP contribution in [0.4, 0.5) is 15.8 Å². The standard InChI is InChI=1S/C25H25FN6O3/c1-15-23(17(3)30(28-15)14-20-6-5-7-22(26)12-20)27-25(33)21-10-8-19(9-11-21)13-31-18(4)24(32(34)35)16(2)29-31/h5-12H,13-14H2,1-4H3,(H,27,33). The van der Waals surface area contributed by atoms with E-state index < -0.39 is 4.92 Å². The summed E-state index contributed by atoms with van der Waals surface area (Å²) in [6.07, 6.45) is 0. The SMILES string of the molecule is Cc1nn(Cc2cccc(F)c2)c(C)c1NC(=O)c1ccc(Cn2nc(C)c([N+](=O)[O-])c2C)cc1. The first-order chi connectivity index (χ1) is 16.6. The van der Waals surface area contributed by atoms with Gasteiger partial charge in [-0.2, -0.15) is 10.2 Å². The van der Waals surface area contributed by atoms with Crippen LogP contribution in [0.25, 0.3) is 0 Å². The summed E-state index contributed by atoms with van der Waals surface area (Å²) >= 11 is 0. The number of hydrogen-bond donors (Lipinski definition) is 1. The number of halogens is 1. The zero-order chi connectivity index (χ0) is 25.3. The third-order valence-corrected chi connectivity index (χ3v) is 5.92. The van der Waals surface area contributed by atoms with Gasteiger partial charge in [-0.05, 0) is 63.1 Å². The molecule has 10 heteroatoms. The molecule has 0 unspecified atom stereocenters. The molecule has 1 amide bonds. The fraction of sp³-hybridized carbons (Fsp3) is 0.240. The van der Waals surface area contributed by atoms with Gasteiger partial charge < -0.3 is 5.32 Å². The van der Waals surface area contributed by atoms with Crippen LogP contribution >= 0.6 is 0 Å². The van der Waals surface area contributed by atoms with E-state index >= 15 is 0 Å². The van der Waals surface area contributed by atoms with E-state index in [1.165, 1.54) is 12.1 Å². The first-order valence-electron chi connectivity index (χ1n) is 11.0. The zero-order valence-electron chi connectivity index (χ0n) is 19.9. The van der Waals surface area contributed by atoms with Crippen molar-refractivity contribution >= 4 is 17.3 Å². The summed E-state index contributed by atoms with van der Waals surface area (Å²) < 4.78 is 16.8. The maximum Gasteiger partial charge on any atom is 0.312 e. The van der Waals surface area contributed by atoms with Gasteiger partial charge in [-0.3, -0.25) is 24.3 Å². The number of benzene rings is 2. The number of carbonyl (C=O) groups excluding carboxylic acids is 1. The Labute approximate surface area is 201 Å². The Hall–Kier alpha value is -4.34. The minimum absolute atomic E-state index is 0.0182. The average Bonchev–Trinajstić information content (AvgIpc) is 3.23. The van der Waals surface area contributed by atoms with E-state index in [4.69, 9.17) is 0 Å². The Morgan fingerprint density at radius 3 is 2.20 bits per heavy atom. The van der Waals surface area contributed by atoms with Crippen molar-refractivity contribution in [3.63, 3.8) is 0 Å². The van der Waals surface area contributed by atoms with Crippen LogP contribution < -0.4 is 5.32 Å². The van der Waals surface area contributed by atoms with Gasteiger partial charge in [0.05, 0.1) is 35.1 Å². The van der Waals surface area contributed by atoms with E-state index in [2.05, 4.69) is 15.5 Å². The maximum absolute atomic E-state index is 13.5. The highest BCUT2D eigenvalue weighted by atomic mass is 19.1. The lowest BCUT2D eigenvalue weighted by Crippen LogP contribution is -2.13. The van der Waals surface area contributed by atoms with Crippen LogP contribution in [0, 0.1) is 43.6 Å². The van der Waals surface area contributed by atoms with Gasteiger partial charge in [-0.15, -0.1) is 0 Å². The van der Waals surface area contributed by atoms with Gasteiger partial charge >= 0.3 is 5.69 Å². The number of anilines is 1. The van der Waals surface area contributed by atoms with E-state index in [0.717, 1.165) is 16.8 Å². The predicted octanol–water partition coefficient (Wildman–Crippen LogP) is 4.71. The zero-order valence-corrected chi connectivity index (χ0v) is 19.9. The Bertz CT molecular complexity index is 1420. The molecule has 0 saturated heterocycles. The van der Waals surface area contributed by atoms with Crippen molar-refractivity contribution in [2.45, 2.75) is 40.8 Å². The monoisotopic (exact) mass is 476 g/mol. The molecule has 4 rings (SSSR count). The van der Waals surface area contributed by atoms with Gasteiger partial charge in [0.15, 0.2) is 0 Å². The topological polar surface area (TPSA) is 108 Å². The van der Waals surface area contributed by atoms with Crippen LogP contribution in [0.15, 0.2) is 48.5 Å². The lowest BCUT2D eigenvalue weighted by Gasteiger charge is -2.09. The summed E-state index contributed by atoms with van der Waals surface area (Å²) in [6, 6.07) is 13.3. The fourth-order valence-corrected chi connectivity index (χ4v) is 4.07. The Morgan fingerprint density at radius 1 is 0.943 bits per heavy atom. The second-order valence-corrected chi connectivity index (χ2v) is 8.42. The number of nitrogens with zero attached hydrogens (tertiary/aromatic N) is 5. The summed E-state index contributed by atoms with van der Waals surface area (Å²) in [5.41, 5.74) is 5.01. The van der Waals surface area contributed by atoms with Crippen molar-refractivity contribution < 1.29 is 14.1 Å². The molecule has 0 bridgehead atoms. The van der Waals surface area contributed by atoms with Gasteiger partial charge in [0.1, 0.15) is 17.2 Å². The highest BCUT2D eigenvalue weighted by Crippen LogP contribution is 2.24. The molecule has 0 radical (unpaired) electrons. The first-order valence-corrected chi connectivity index (χ1v) is 11.0. The third kappa shape index (κ3) is 4.96. The summed E-state index contributed by atoms with van der Waals surface area (Å²) in [5, 5.41) is 22.9. The van der Waals surface area contributed by atoms with Crippen LogP contribution in [0.2, 0.25) is 0 Å². The number of rotatable bonds is 7. The minimum atomic E-state index is -0.425. The quantitative estimate of drug-likeness (QED) is 0.307. The molecule has 1 N–H and O–H groups in total. The van der Waals surface area contributed by atoms with Crippen molar-refractivity contribution in [1.29, 1.82) is 0 Å². The average molecular weight is 477 g/mol. The summed E-state index contributed by atoms with van der Waals surface area (Å²) in [6.45, 7) is 7.68. The number of aryl methyl sites for hydroxylation is 2. The lowest BCUT2D eigenvalue weighted by atomic mass is 10.1. The second-order valence-electron chi connectivity index (χ2n) is 8.42. The Kier molecular flexibility index (Phi) is 6.46. The molecule has 0 fully saturated rings. The molecule has 0 aliphatic heterocycles. The number of nitrogens with one attached hydrogen (secondary N) is 1. The minimum Gasteiger partial charge on any atom is -0.319 e. The number of aromatic nitrogens is 4. The van der Waals surface area contributed by atoms with E-state index in [1.807, 2.05) is 13.0 Å². The Balaban J connectivity index is 1.47. The normalized spacial score (nSPS) is 11.0. The Morgan fingerprint density at radius 2 is 1.57 bits per heavy atom. The van der Waals surface area contributed by atoms with Crippen LogP contribution in [-0.4, -0.2) is 30.4 Å². The number of nitro groups is 1. The van der Waals surface area contributed by atoms with Crippen LogP contribution in [0.1, 0.15) is 44.3 Å². The van der Waals surface area contributed by atoms with Crippen LogP contribution in [-0.2, 0) is 13.1 Å². The molecule has 2 aromatic heterocycles. The first kappa shape index (κ1) is 23.8. The molecule has 0 atom stereocenters.